The maximum atomic E-state index is 10.2. The van der Waals surface area contributed by atoms with Crippen LogP contribution in [0.1, 0.15) is 97.3 Å². The molecule has 1 spiro atoms. The molecule has 6 rings (SSSR count). The van der Waals surface area contributed by atoms with Crippen molar-refractivity contribution in [3.63, 3.8) is 0 Å². The number of hydrogen-bond acceptors (Lipinski definition) is 3. The summed E-state index contributed by atoms with van der Waals surface area (Å²) < 4.78 is 6.18. The van der Waals surface area contributed by atoms with Gasteiger partial charge in [-0.1, -0.05) is 50.3 Å². The summed E-state index contributed by atoms with van der Waals surface area (Å²) in [5.74, 6) is 3.36. The van der Waals surface area contributed by atoms with Crippen molar-refractivity contribution in [2.24, 2.45) is 33.6 Å². The maximum absolute atomic E-state index is 10.2. The predicted molar refractivity (Wildman–Crippen MR) is 125 cm³/mol. The van der Waals surface area contributed by atoms with Crippen molar-refractivity contribution in [1.29, 1.82) is 0 Å². The van der Waals surface area contributed by atoms with Crippen LogP contribution in [-0.4, -0.2) is 29.3 Å². The fourth-order valence-electron chi connectivity index (χ4n) is 8.92. The molecule has 3 nitrogen and oxygen atoms in total. The van der Waals surface area contributed by atoms with Gasteiger partial charge >= 0.3 is 0 Å². The molecule has 6 atom stereocenters. The first-order chi connectivity index (χ1) is 14.9. The molecule has 6 aliphatic rings. The highest BCUT2D eigenvalue weighted by molar-refractivity contribution is 5.90. The van der Waals surface area contributed by atoms with Crippen LogP contribution in [0, 0.1) is 28.6 Å². The lowest BCUT2D eigenvalue weighted by Crippen LogP contribution is -2.49. The number of allylic oxidation sites excluding steroid dienone is 2. The van der Waals surface area contributed by atoms with E-state index in [2.05, 4.69) is 26.0 Å². The number of aliphatic imine (C=N–C) groups is 1. The topological polar surface area (TPSA) is 41.8 Å². The van der Waals surface area contributed by atoms with Crippen LogP contribution >= 0.6 is 0 Å². The second-order valence-electron chi connectivity index (χ2n) is 12.3. The number of aliphatic hydroxyl groups excluding tert-OH is 1. The van der Waals surface area contributed by atoms with Crippen molar-refractivity contribution < 1.29 is 9.84 Å². The van der Waals surface area contributed by atoms with Gasteiger partial charge in [0.2, 0.25) is 5.90 Å². The molecule has 0 unspecified atom stereocenters. The number of nitrogens with zero attached hydrogens (tertiary/aromatic N) is 1. The fraction of sp³-hybridized carbons (Fsp3) is 0.821. The van der Waals surface area contributed by atoms with Gasteiger partial charge in [0.25, 0.3) is 0 Å². The van der Waals surface area contributed by atoms with Crippen molar-refractivity contribution in [1.82, 2.24) is 0 Å². The van der Waals surface area contributed by atoms with E-state index in [1.54, 1.807) is 11.1 Å². The Kier molecular flexibility index (Phi) is 4.77. The maximum Gasteiger partial charge on any atom is 0.209 e. The molecule has 0 aromatic carbocycles. The van der Waals surface area contributed by atoms with E-state index in [0.717, 1.165) is 43.1 Å². The summed E-state index contributed by atoms with van der Waals surface area (Å²) in [4.78, 5) is 5.15. The molecule has 4 fully saturated rings. The zero-order chi connectivity index (χ0) is 21.3. The van der Waals surface area contributed by atoms with E-state index in [1.807, 2.05) is 0 Å². The molecule has 1 N–H and O–H groups in total. The van der Waals surface area contributed by atoms with Gasteiger partial charge in [0, 0.05) is 0 Å². The Bertz CT molecular complexity index is 834. The molecule has 4 saturated carbocycles. The largest absolute Gasteiger partial charge is 0.475 e. The molecule has 0 amide bonds. The standard InChI is InChI=1S/C28H41NO2/c1-26-14-10-21(30)16-19(26)6-8-22-23-9-7-20(27(23,2)15-11-24(22)26)17-25-29-28(18-31-25)12-4-3-5-13-28/h6,17,21-24,30H,3-5,7-16,18H2,1-2H3/b20-17+/t21-,22-,23-,24-,26-,27+/m0/s1. The van der Waals surface area contributed by atoms with Gasteiger partial charge in [-0.05, 0) is 98.9 Å². The average Bonchev–Trinajstić information content (AvgIpc) is 3.30. The molecular weight excluding hydrogens is 382 g/mol. The minimum atomic E-state index is -0.106. The Morgan fingerprint density at radius 3 is 2.61 bits per heavy atom. The number of hydrogen-bond donors (Lipinski definition) is 1. The lowest BCUT2D eigenvalue weighted by atomic mass is 9.48. The molecule has 5 aliphatic carbocycles. The van der Waals surface area contributed by atoms with Crippen LogP contribution in [0.2, 0.25) is 0 Å². The summed E-state index contributed by atoms with van der Waals surface area (Å²) in [5.41, 5.74) is 3.97. The van der Waals surface area contributed by atoms with E-state index in [4.69, 9.17) is 9.73 Å². The Labute approximate surface area is 188 Å². The van der Waals surface area contributed by atoms with Crippen molar-refractivity contribution in [2.45, 2.75) is 109 Å². The van der Waals surface area contributed by atoms with E-state index >= 15 is 0 Å². The second-order valence-corrected chi connectivity index (χ2v) is 12.3. The molecule has 170 valence electrons. The summed E-state index contributed by atoms with van der Waals surface area (Å²) in [7, 11) is 0. The second kappa shape index (κ2) is 7.20. The van der Waals surface area contributed by atoms with Crippen LogP contribution in [0.25, 0.3) is 0 Å². The molecule has 1 heterocycles. The van der Waals surface area contributed by atoms with Crippen LogP contribution in [0.3, 0.4) is 0 Å². The van der Waals surface area contributed by atoms with Gasteiger partial charge < -0.3 is 9.84 Å². The van der Waals surface area contributed by atoms with Gasteiger partial charge in [-0.3, -0.25) is 0 Å². The molecule has 31 heavy (non-hydrogen) atoms. The molecule has 0 saturated heterocycles. The Hall–Kier alpha value is -1.09. The number of aliphatic hydroxyl groups is 1. The lowest BCUT2D eigenvalue weighted by Gasteiger charge is -2.57. The van der Waals surface area contributed by atoms with Crippen molar-refractivity contribution >= 4 is 5.90 Å². The van der Waals surface area contributed by atoms with Crippen molar-refractivity contribution in [2.75, 3.05) is 6.61 Å². The first kappa shape index (κ1) is 20.5. The van der Waals surface area contributed by atoms with E-state index in [-0.39, 0.29) is 11.6 Å². The molecule has 0 radical (unpaired) electrons. The van der Waals surface area contributed by atoms with Crippen LogP contribution in [0.5, 0.6) is 0 Å². The Morgan fingerprint density at radius 2 is 1.77 bits per heavy atom. The monoisotopic (exact) mass is 423 g/mol. The van der Waals surface area contributed by atoms with Gasteiger partial charge in [0.1, 0.15) is 6.61 Å². The average molecular weight is 424 g/mol. The minimum absolute atomic E-state index is 0.103. The van der Waals surface area contributed by atoms with Gasteiger partial charge in [0.15, 0.2) is 0 Å². The fourth-order valence-corrected chi connectivity index (χ4v) is 8.92. The third kappa shape index (κ3) is 3.12. The van der Waals surface area contributed by atoms with E-state index < -0.39 is 0 Å². The van der Waals surface area contributed by atoms with Gasteiger partial charge in [-0.2, -0.15) is 0 Å². The first-order valence-corrected chi connectivity index (χ1v) is 13.2. The zero-order valence-corrected chi connectivity index (χ0v) is 19.7. The summed E-state index contributed by atoms with van der Waals surface area (Å²) in [6.45, 7) is 5.90. The van der Waals surface area contributed by atoms with Crippen LogP contribution in [0.4, 0.5) is 0 Å². The van der Waals surface area contributed by atoms with Crippen molar-refractivity contribution in [3.8, 4) is 0 Å². The third-order valence-corrected chi connectivity index (χ3v) is 10.8. The molecular formula is C28H41NO2. The summed E-state index contributed by atoms with van der Waals surface area (Å²) in [6, 6.07) is 0. The third-order valence-electron chi connectivity index (χ3n) is 10.8. The van der Waals surface area contributed by atoms with Gasteiger partial charge in [-0.15, -0.1) is 0 Å². The van der Waals surface area contributed by atoms with Crippen molar-refractivity contribution in [3.05, 3.63) is 23.3 Å². The molecule has 0 aromatic rings. The minimum Gasteiger partial charge on any atom is -0.475 e. The number of fused-ring (bicyclic) bond motifs is 5. The molecule has 3 heteroatoms. The Morgan fingerprint density at radius 1 is 1.00 bits per heavy atom. The normalized spacial score (nSPS) is 47.3. The van der Waals surface area contributed by atoms with Gasteiger partial charge in [-0.25, -0.2) is 4.99 Å². The quantitative estimate of drug-likeness (QED) is 0.498. The van der Waals surface area contributed by atoms with Gasteiger partial charge in [0.05, 0.1) is 11.6 Å². The smallest absolute Gasteiger partial charge is 0.209 e. The highest BCUT2D eigenvalue weighted by atomic mass is 16.5. The summed E-state index contributed by atoms with van der Waals surface area (Å²) in [6.07, 6.45) is 20.8. The van der Waals surface area contributed by atoms with Crippen LogP contribution in [-0.2, 0) is 4.74 Å². The summed E-state index contributed by atoms with van der Waals surface area (Å²) >= 11 is 0. The van der Waals surface area contributed by atoms with E-state index in [0.29, 0.717) is 10.8 Å². The Balaban J connectivity index is 1.26. The number of rotatable bonds is 1. The van der Waals surface area contributed by atoms with E-state index in [1.165, 1.54) is 70.6 Å². The first-order valence-electron chi connectivity index (χ1n) is 13.2. The summed E-state index contributed by atoms with van der Waals surface area (Å²) in [5, 5.41) is 10.2. The number of ether oxygens (including phenoxy) is 1. The molecule has 1 aliphatic heterocycles. The molecule has 0 bridgehead atoms. The lowest BCUT2D eigenvalue weighted by molar-refractivity contribution is -0.0268. The van der Waals surface area contributed by atoms with Crippen LogP contribution < -0.4 is 0 Å². The highest BCUT2D eigenvalue weighted by Crippen LogP contribution is 2.66. The predicted octanol–water partition coefficient (Wildman–Crippen LogP) is 6.37. The van der Waals surface area contributed by atoms with Crippen LogP contribution in [0.15, 0.2) is 28.3 Å². The molecule has 0 aromatic heterocycles. The highest BCUT2D eigenvalue weighted by Gasteiger charge is 2.57. The van der Waals surface area contributed by atoms with E-state index in [9.17, 15) is 5.11 Å². The SMILES string of the molecule is C[C@]12CC[C@H](O)CC1=CC[C@@H]1[C@@H]2CC[C@]2(C)/C(=C/C3=NC4(CCCCC4)CO3)CC[C@@H]12. The zero-order valence-electron chi connectivity index (χ0n) is 19.7.